The molecule has 2 N–H and O–H groups in total. The van der Waals surface area contributed by atoms with Gasteiger partial charge in [-0.05, 0) is 30.1 Å². The highest BCUT2D eigenvalue weighted by atomic mass is 32.2. The van der Waals surface area contributed by atoms with Crippen molar-refractivity contribution >= 4 is 35.4 Å². The fourth-order valence-corrected chi connectivity index (χ4v) is 2.98. The Labute approximate surface area is 129 Å². The van der Waals surface area contributed by atoms with E-state index in [-0.39, 0.29) is 0 Å². The van der Waals surface area contributed by atoms with E-state index in [9.17, 15) is 10.0 Å². The summed E-state index contributed by atoms with van der Waals surface area (Å²) in [7, 11) is -1.46. The van der Waals surface area contributed by atoms with Crippen LogP contribution in [0.5, 0.6) is 0 Å². The minimum atomic E-state index is -1.46. The lowest BCUT2D eigenvalue weighted by atomic mass is 9.80. The SMILES string of the molecule is CC.OB(O)c1cn(Sc2ccccc2)c2ccccc12. The summed E-state index contributed by atoms with van der Waals surface area (Å²) in [5, 5.41) is 19.7. The van der Waals surface area contributed by atoms with E-state index in [2.05, 4.69) is 0 Å². The number of hydrogen-bond acceptors (Lipinski definition) is 3. The number of nitrogens with zero attached hydrogens (tertiary/aromatic N) is 1. The molecule has 108 valence electrons. The number of rotatable bonds is 3. The van der Waals surface area contributed by atoms with Crippen LogP contribution < -0.4 is 5.46 Å². The van der Waals surface area contributed by atoms with E-state index < -0.39 is 7.12 Å². The van der Waals surface area contributed by atoms with Gasteiger partial charge in [-0.2, -0.15) is 0 Å². The second-order valence-electron chi connectivity index (χ2n) is 4.21. The summed E-state index contributed by atoms with van der Waals surface area (Å²) in [4.78, 5) is 1.10. The van der Waals surface area contributed by atoms with Crippen LogP contribution in [0.3, 0.4) is 0 Å². The van der Waals surface area contributed by atoms with Crippen LogP contribution in [0.15, 0.2) is 65.7 Å². The molecule has 0 bridgehead atoms. The Morgan fingerprint density at radius 1 is 0.905 bits per heavy atom. The van der Waals surface area contributed by atoms with Crippen LogP contribution in [-0.2, 0) is 0 Å². The fraction of sp³-hybridized carbons (Fsp3) is 0.125. The average molecular weight is 299 g/mol. The van der Waals surface area contributed by atoms with Gasteiger partial charge in [0, 0.05) is 21.9 Å². The predicted octanol–water partition coefficient (Wildman–Crippen LogP) is 2.90. The van der Waals surface area contributed by atoms with E-state index in [1.165, 1.54) is 0 Å². The lowest BCUT2D eigenvalue weighted by molar-refractivity contribution is 0.426. The first-order valence-corrected chi connectivity index (χ1v) is 7.72. The molecule has 0 aliphatic rings. The summed E-state index contributed by atoms with van der Waals surface area (Å²) in [5.74, 6) is 0. The third-order valence-electron chi connectivity index (χ3n) is 2.93. The Hall–Kier alpha value is -1.69. The highest BCUT2D eigenvalue weighted by Gasteiger charge is 2.18. The summed E-state index contributed by atoms with van der Waals surface area (Å²) in [5.41, 5.74) is 1.50. The first-order valence-electron chi connectivity index (χ1n) is 6.95. The largest absolute Gasteiger partial charge is 0.490 e. The van der Waals surface area contributed by atoms with Crippen LogP contribution in [0.1, 0.15) is 13.8 Å². The monoisotopic (exact) mass is 299 g/mol. The van der Waals surface area contributed by atoms with Gasteiger partial charge in [0.05, 0.1) is 5.52 Å². The number of aromatic nitrogens is 1. The molecule has 0 unspecified atom stereocenters. The average Bonchev–Trinajstić information content (AvgIpc) is 2.90. The molecule has 0 saturated heterocycles. The van der Waals surface area contributed by atoms with E-state index in [0.29, 0.717) is 5.46 Å². The highest BCUT2D eigenvalue weighted by molar-refractivity contribution is 7.98. The van der Waals surface area contributed by atoms with Gasteiger partial charge in [-0.3, -0.25) is 3.97 Å². The zero-order valence-electron chi connectivity index (χ0n) is 12.1. The van der Waals surface area contributed by atoms with Crippen molar-refractivity contribution in [2.45, 2.75) is 18.7 Å². The van der Waals surface area contributed by atoms with Gasteiger partial charge in [0.25, 0.3) is 0 Å². The van der Waals surface area contributed by atoms with E-state index in [1.54, 1.807) is 18.1 Å². The smallest absolute Gasteiger partial charge is 0.423 e. The van der Waals surface area contributed by atoms with Crippen LogP contribution in [0.4, 0.5) is 0 Å². The molecule has 2 aromatic carbocycles. The van der Waals surface area contributed by atoms with Gasteiger partial charge in [-0.15, -0.1) is 0 Å². The maximum absolute atomic E-state index is 9.43. The summed E-state index contributed by atoms with van der Waals surface area (Å²) in [6.45, 7) is 4.00. The van der Waals surface area contributed by atoms with Crippen LogP contribution in [0, 0.1) is 0 Å². The third kappa shape index (κ3) is 3.50. The molecule has 5 heteroatoms. The summed E-state index contributed by atoms with van der Waals surface area (Å²) in [6, 6.07) is 17.7. The van der Waals surface area contributed by atoms with Gasteiger partial charge in [0.2, 0.25) is 0 Å². The Balaban J connectivity index is 0.000000774. The molecule has 0 aliphatic heterocycles. The maximum Gasteiger partial charge on any atom is 0.490 e. The van der Waals surface area contributed by atoms with Crippen LogP contribution >= 0.6 is 11.9 Å². The standard InChI is InChI=1S/C14H12BNO2S.C2H6/c17-15(18)13-10-16(14-9-5-4-8-12(13)14)19-11-6-2-1-3-7-11;1-2/h1-10,17-18H;1-2H3. The molecule has 0 aliphatic carbocycles. The molecule has 1 aromatic heterocycles. The minimum absolute atomic E-state index is 0.527. The number of hydrogen-bond donors (Lipinski definition) is 2. The molecule has 3 rings (SSSR count). The van der Waals surface area contributed by atoms with Gasteiger partial charge in [0.15, 0.2) is 0 Å². The van der Waals surface area contributed by atoms with Gasteiger partial charge in [-0.1, -0.05) is 50.2 Å². The van der Waals surface area contributed by atoms with Crippen molar-refractivity contribution in [1.29, 1.82) is 0 Å². The van der Waals surface area contributed by atoms with Gasteiger partial charge >= 0.3 is 7.12 Å². The molecule has 3 aromatic rings. The van der Waals surface area contributed by atoms with Crippen LogP contribution in [0.2, 0.25) is 0 Å². The van der Waals surface area contributed by atoms with E-state index in [1.807, 2.05) is 72.4 Å². The fourth-order valence-electron chi connectivity index (χ4n) is 2.05. The van der Waals surface area contributed by atoms with Gasteiger partial charge in [-0.25, -0.2) is 0 Å². The van der Waals surface area contributed by atoms with Crippen molar-refractivity contribution in [1.82, 2.24) is 3.97 Å². The third-order valence-corrected chi connectivity index (χ3v) is 3.92. The molecule has 0 fully saturated rings. The van der Waals surface area contributed by atoms with E-state index in [0.717, 1.165) is 15.8 Å². The van der Waals surface area contributed by atoms with Crippen molar-refractivity contribution in [3.05, 3.63) is 60.8 Å². The van der Waals surface area contributed by atoms with Gasteiger partial charge in [0.1, 0.15) is 0 Å². The van der Waals surface area contributed by atoms with Crippen molar-refractivity contribution in [3.63, 3.8) is 0 Å². The van der Waals surface area contributed by atoms with Crippen molar-refractivity contribution in [2.24, 2.45) is 0 Å². The number of benzene rings is 2. The lowest BCUT2D eigenvalue weighted by Crippen LogP contribution is -2.29. The molecule has 0 saturated carbocycles. The second kappa shape index (κ2) is 7.36. The molecule has 1 heterocycles. The lowest BCUT2D eigenvalue weighted by Gasteiger charge is -2.03. The Bertz CT molecular complexity index is 698. The normalized spacial score (nSPS) is 10.1. The maximum atomic E-state index is 9.43. The Kier molecular flexibility index (Phi) is 5.50. The van der Waals surface area contributed by atoms with Crippen LogP contribution in [-0.4, -0.2) is 21.1 Å². The molecule has 21 heavy (non-hydrogen) atoms. The number of fused-ring (bicyclic) bond motifs is 1. The van der Waals surface area contributed by atoms with Crippen molar-refractivity contribution in [2.75, 3.05) is 0 Å². The zero-order valence-corrected chi connectivity index (χ0v) is 12.9. The van der Waals surface area contributed by atoms with E-state index in [4.69, 9.17) is 0 Å². The predicted molar refractivity (Wildman–Crippen MR) is 90.8 cm³/mol. The molecule has 0 radical (unpaired) electrons. The molecule has 0 spiro atoms. The van der Waals surface area contributed by atoms with E-state index >= 15 is 0 Å². The topological polar surface area (TPSA) is 45.4 Å². The zero-order chi connectivity index (χ0) is 15.2. The van der Waals surface area contributed by atoms with Crippen molar-refractivity contribution in [3.8, 4) is 0 Å². The first kappa shape index (κ1) is 15.7. The molecular formula is C16H18BNO2S. The van der Waals surface area contributed by atoms with Crippen molar-refractivity contribution < 1.29 is 10.0 Å². The highest BCUT2D eigenvalue weighted by Crippen LogP contribution is 2.25. The molecule has 0 amide bonds. The second-order valence-corrected chi connectivity index (χ2v) is 5.25. The minimum Gasteiger partial charge on any atom is -0.423 e. The Morgan fingerprint density at radius 2 is 1.52 bits per heavy atom. The first-order chi connectivity index (χ1) is 10.3. The summed E-state index contributed by atoms with van der Waals surface area (Å²) < 4.78 is 1.96. The summed E-state index contributed by atoms with van der Waals surface area (Å²) >= 11 is 1.55. The summed E-state index contributed by atoms with van der Waals surface area (Å²) in [6.07, 6.45) is 1.77. The van der Waals surface area contributed by atoms with Gasteiger partial charge < -0.3 is 10.0 Å². The molecular weight excluding hydrogens is 281 g/mol. The molecule has 0 atom stereocenters. The molecule has 3 nitrogen and oxygen atoms in total. The van der Waals surface area contributed by atoms with Crippen LogP contribution in [0.25, 0.3) is 10.9 Å². The Morgan fingerprint density at radius 3 is 2.19 bits per heavy atom. The quantitative estimate of drug-likeness (QED) is 0.731. The number of para-hydroxylation sites is 1.